The Morgan fingerprint density at radius 1 is 0.951 bits per heavy atom. The summed E-state index contributed by atoms with van der Waals surface area (Å²) in [6.45, 7) is 1.97. The number of para-hydroxylation sites is 2. The number of fused-ring (bicyclic) bond motifs is 1. The Kier molecular flexibility index (Phi) is 9.66. The molecule has 212 valence electrons. The van der Waals surface area contributed by atoms with Crippen molar-refractivity contribution in [3.8, 4) is 0 Å². The van der Waals surface area contributed by atoms with Gasteiger partial charge in [0.15, 0.2) is 0 Å². The van der Waals surface area contributed by atoms with E-state index in [0.717, 1.165) is 28.0 Å². The van der Waals surface area contributed by atoms with E-state index in [2.05, 4.69) is 20.6 Å². The van der Waals surface area contributed by atoms with E-state index in [1.54, 1.807) is 53.4 Å². The maximum atomic E-state index is 12.6. The van der Waals surface area contributed by atoms with Gasteiger partial charge < -0.3 is 30.4 Å². The molecule has 0 saturated carbocycles. The van der Waals surface area contributed by atoms with Crippen LogP contribution in [0, 0.1) is 0 Å². The molecule has 0 aliphatic carbocycles. The first-order valence-electron chi connectivity index (χ1n) is 13.0. The number of imidazole rings is 1. The van der Waals surface area contributed by atoms with Crippen molar-refractivity contribution in [1.82, 2.24) is 25.5 Å². The summed E-state index contributed by atoms with van der Waals surface area (Å²) in [6, 6.07) is 22.0. The number of carbonyl (C=O) groups excluding carboxylic acids is 3. The molecule has 0 fully saturated rings. The zero-order valence-corrected chi connectivity index (χ0v) is 22.5. The predicted octanol–water partition coefficient (Wildman–Crippen LogP) is 3.26. The lowest BCUT2D eigenvalue weighted by Gasteiger charge is -2.21. The third-order valence-electron chi connectivity index (χ3n) is 6.36. The summed E-state index contributed by atoms with van der Waals surface area (Å²) >= 11 is 0. The maximum absolute atomic E-state index is 12.6. The Balaban J connectivity index is 1.26. The zero-order chi connectivity index (χ0) is 29.2. The lowest BCUT2D eigenvalue weighted by atomic mass is 10.1. The first-order valence-corrected chi connectivity index (χ1v) is 13.0. The number of aliphatic carboxylic acids is 1. The van der Waals surface area contributed by atoms with Crippen LogP contribution in [0.1, 0.15) is 34.2 Å². The second-order valence-corrected chi connectivity index (χ2v) is 9.40. The van der Waals surface area contributed by atoms with E-state index >= 15 is 0 Å². The van der Waals surface area contributed by atoms with Gasteiger partial charge in [-0.3, -0.25) is 9.59 Å². The predicted molar refractivity (Wildman–Crippen MR) is 151 cm³/mol. The van der Waals surface area contributed by atoms with Crippen molar-refractivity contribution in [3.05, 3.63) is 101 Å². The molecule has 1 aromatic heterocycles. The van der Waals surface area contributed by atoms with Crippen LogP contribution in [0.3, 0.4) is 0 Å². The van der Waals surface area contributed by atoms with Gasteiger partial charge in [-0.15, -0.1) is 0 Å². The van der Waals surface area contributed by atoms with Crippen molar-refractivity contribution in [3.63, 3.8) is 0 Å². The standard InChI is InChI=1S/C30H31N5O6/c1-20(36)35(16-15-27-32-24-9-5-6-10-25(24)33-27)18-21-11-13-23(14-12-21)28(37)31-17-26(29(38)39)34-30(40)41-19-22-7-3-2-4-8-22/h2-14,26H,15-19H2,1H3,(H,31,37)(H,32,33)(H,34,40)(H,38,39)/t26-/m0/s1. The number of alkyl carbamates (subject to hydrolysis) is 1. The summed E-state index contributed by atoms with van der Waals surface area (Å²) in [5.74, 6) is -1.11. The summed E-state index contributed by atoms with van der Waals surface area (Å²) in [6.07, 6.45) is -0.344. The van der Waals surface area contributed by atoms with Gasteiger partial charge in [0, 0.05) is 38.5 Å². The van der Waals surface area contributed by atoms with E-state index < -0.39 is 24.0 Å². The number of aromatic amines is 1. The first kappa shape index (κ1) is 28.8. The third-order valence-corrected chi connectivity index (χ3v) is 6.36. The Morgan fingerprint density at radius 2 is 1.66 bits per heavy atom. The highest BCUT2D eigenvalue weighted by Gasteiger charge is 2.22. The Hall–Kier alpha value is -5.19. The van der Waals surface area contributed by atoms with E-state index in [0.29, 0.717) is 25.1 Å². The van der Waals surface area contributed by atoms with Gasteiger partial charge in [0.25, 0.3) is 5.91 Å². The summed E-state index contributed by atoms with van der Waals surface area (Å²) in [5.41, 5.74) is 3.70. The average molecular weight is 558 g/mol. The topological polar surface area (TPSA) is 154 Å². The highest BCUT2D eigenvalue weighted by atomic mass is 16.5. The van der Waals surface area contributed by atoms with Crippen molar-refractivity contribution < 1.29 is 29.0 Å². The Labute approximate surface area is 236 Å². The van der Waals surface area contributed by atoms with Crippen LogP contribution in [0.4, 0.5) is 4.79 Å². The molecule has 3 aromatic carbocycles. The number of carbonyl (C=O) groups is 4. The molecule has 1 heterocycles. The monoisotopic (exact) mass is 557 g/mol. The van der Waals surface area contributed by atoms with E-state index in [4.69, 9.17) is 4.74 Å². The summed E-state index contributed by atoms with van der Waals surface area (Å²) < 4.78 is 5.06. The maximum Gasteiger partial charge on any atom is 0.408 e. The molecule has 4 aromatic rings. The Morgan fingerprint density at radius 3 is 2.34 bits per heavy atom. The molecule has 0 aliphatic heterocycles. The number of hydrogen-bond acceptors (Lipinski definition) is 6. The van der Waals surface area contributed by atoms with Gasteiger partial charge in [-0.05, 0) is 35.4 Å². The second kappa shape index (κ2) is 13.7. The van der Waals surface area contributed by atoms with Crippen molar-refractivity contribution in [2.75, 3.05) is 13.1 Å². The number of ether oxygens (including phenoxy) is 1. The molecule has 0 radical (unpaired) electrons. The molecule has 1 atom stereocenters. The molecule has 0 aliphatic rings. The van der Waals surface area contributed by atoms with E-state index in [9.17, 15) is 24.3 Å². The highest BCUT2D eigenvalue weighted by Crippen LogP contribution is 2.13. The lowest BCUT2D eigenvalue weighted by molar-refractivity contribution is -0.139. The minimum Gasteiger partial charge on any atom is -0.480 e. The van der Waals surface area contributed by atoms with Crippen LogP contribution in [0.15, 0.2) is 78.9 Å². The van der Waals surface area contributed by atoms with E-state index in [-0.39, 0.29) is 19.1 Å². The van der Waals surface area contributed by atoms with Crippen LogP contribution in [-0.4, -0.2) is 63.0 Å². The number of benzene rings is 3. The van der Waals surface area contributed by atoms with Crippen LogP contribution < -0.4 is 10.6 Å². The fourth-order valence-corrected chi connectivity index (χ4v) is 4.10. The van der Waals surface area contributed by atoms with Crippen molar-refractivity contribution in [2.45, 2.75) is 32.5 Å². The average Bonchev–Trinajstić information content (AvgIpc) is 3.40. The minimum atomic E-state index is -1.38. The fourth-order valence-electron chi connectivity index (χ4n) is 4.10. The number of amides is 3. The van der Waals surface area contributed by atoms with Crippen LogP contribution in [-0.2, 0) is 33.9 Å². The molecule has 41 heavy (non-hydrogen) atoms. The van der Waals surface area contributed by atoms with Crippen LogP contribution >= 0.6 is 0 Å². The summed E-state index contributed by atoms with van der Waals surface area (Å²) in [5, 5.41) is 14.2. The number of nitrogens with one attached hydrogen (secondary N) is 3. The number of nitrogens with zero attached hydrogens (tertiary/aromatic N) is 2. The molecule has 0 unspecified atom stereocenters. The molecular formula is C30H31N5O6. The third kappa shape index (κ3) is 8.40. The first-order chi connectivity index (χ1) is 19.8. The second-order valence-electron chi connectivity index (χ2n) is 9.40. The van der Waals surface area contributed by atoms with Gasteiger partial charge in [0.2, 0.25) is 5.91 Å². The molecule has 11 heteroatoms. The van der Waals surface area contributed by atoms with Crippen LogP contribution in [0.5, 0.6) is 0 Å². The summed E-state index contributed by atoms with van der Waals surface area (Å²) in [4.78, 5) is 58.0. The van der Waals surface area contributed by atoms with Gasteiger partial charge in [-0.1, -0.05) is 54.6 Å². The number of hydrogen-bond donors (Lipinski definition) is 4. The summed E-state index contributed by atoms with van der Waals surface area (Å²) in [7, 11) is 0. The minimum absolute atomic E-state index is 0.0152. The largest absolute Gasteiger partial charge is 0.480 e. The highest BCUT2D eigenvalue weighted by molar-refractivity contribution is 5.94. The zero-order valence-electron chi connectivity index (χ0n) is 22.5. The molecular weight excluding hydrogens is 526 g/mol. The van der Waals surface area contributed by atoms with Gasteiger partial charge in [0.05, 0.1) is 11.0 Å². The SMILES string of the molecule is CC(=O)N(CCc1nc2ccccc2[nH]1)Cc1ccc(C(=O)NC[C@H](NC(=O)OCc2ccccc2)C(=O)O)cc1. The van der Waals surface area contributed by atoms with Crippen LogP contribution in [0.2, 0.25) is 0 Å². The van der Waals surface area contributed by atoms with Crippen molar-refractivity contribution in [1.29, 1.82) is 0 Å². The quantitative estimate of drug-likeness (QED) is 0.208. The number of carboxylic acids is 1. The molecule has 4 N–H and O–H groups in total. The number of aromatic nitrogens is 2. The van der Waals surface area contributed by atoms with Crippen LogP contribution in [0.25, 0.3) is 11.0 Å². The fraction of sp³-hybridized carbons (Fsp3) is 0.233. The number of H-pyrrole nitrogens is 1. The molecule has 0 saturated heterocycles. The number of rotatable bonds is 12. The molecule has 0 spiro atoms. The van der Waals surface area contributed by atoms with Gasteiger partial charge in [0.1, 0.15) is 18.5 Å². The van der Waals surface area contributed by atoms with E-state index in [1.165, 1.54) is 6.92 Å². The number of carboxylic acid groups (broad SMARTS) is 1. The van der Waals surface area contributed by atoms with Gasteiger partial charge in [-0.25, -0.2) is 14.6 Å². The molecule has 4 rings (SSSR count). The lowest BCUT2D eigenvalue weighted by Crippen LogP contribution is -2.48. The smallest absolute Gasteiger partial charge is 0.408 e. The van der Waals surface area contributed by atoms with Gasteiger partial charge in [-0.2, -0.15) is 0 Å². The molecule has 11 nitrogen and oxygen atoms in total. The molecule has 3 amide bonds. The van der Waals surface area contributed by atoms with Gasteiger partial charge >= 0.3 is 12.1 Å². The normalized spacial score (nSPS) is 11.4. The molecule has 0 bridgehead atoms. The van der Waals surface area contributed by atoms with Crippen molar-refractivity contribution in [2.24, 2.45) is 0 Å². The Bertz CT molecular complexity index is 1470. The van der Waals surface area contributed by atoms with Crippen molar-refractivity contribution >= 4 is 34.9 Å². The van der Waals surface area contributed by atoms with E-state index in [1.807, 2.05) is 30.3 Å².